The zero-order valence-electron chi connectivity index (χ0n) is 11.2. The highest BCUT2D eigenvalue weighted by molar-refractivity contribution is 5.85. The smallest absolute Gasteiger partial charge is 0.0240 e. The Morgan fingerprint density at radius 1 is 0.947 bits per heavy atom. The highest BCUT2D eigenvalue weighted by atomic mass is 15.2. The summed E-state index contributed by atoms with van der Waals surface area (Å²) >= 11 is 0. The molecule has 0 bridgehead atoms. The van der Waals surface area contributed by atoms with Crippen molar-refractivity contribution < 1.29 is 0 Å². The third-order valence-corrected chi connectivity index (χ3v) is 4.74. The van der Waals surface area contributed by atoms with Crippen LogP contribution in [0, 0.1) is 11.8 Å². The number of nitrogens with one attached hydrogen (secondary N) is 1. The summed E-state index contributed by atoms with van der Waals surface area (Å²) in [5.74, 6) is 1.77. The van der Waals surface area contributed by atoms with Crippen molar-refractivity contribution in [1.29, 1.82) is 0 Å². The van der Waals surface area contributed by atoms with E-state index in [0.717, 1.165) is 18.4 Å². The zero-order chi connectivity index (χ0) is 12.7. The van der Waals surface area contributed by atoms with Crippen LogP contribution < -0.4 is 5.32 Å². The Labute approximate surface area is 114 Å². The number of hydrogen-bond acceptors (Lipinski definition) is 2. The highest BCUT2D eigenvalue weighted by Gasteiger charge is 2.35. The van der Waals surface area contributed by atoms with E-state index < -0.39 is 0 Å². The van der Waals surface area contributed by atoms with Crippen LogP contribution in [0.4, 0.5) is 0 Å². The lowest BCUT2D eigenvalue weighted by Crippen LogP contribution is -2.25. The molecule has 2 nitrogen and oxygen atoms in total. The van der Waals surface area contributed by atoms with Crippen molar-refractivity contribution in [2.45, 2.75) is 6.54 Å². The molecule has 2 saturated heterocycles. The molecule has 0 unspecified atom stereocenters. The minimum Gasteiger partial charge on any atom is -0.316 e. The number of benzene rings is 2. The second-order valence-corrected chi connectivity index (χ2v) is 6.01. The molecule has 0 radical (unpaired) electrons. The van der Waals surface area contributed by atoms with Crippen LogP contribution in [-0.4, -0.2) is 31.1 Å². The molecule has 2 fully saturated rings. The molecule has 2 heteroatoms. The average Bonchev–Trinajstić information content (AvgIpc) is 3.00. The Morgan fingerprint density at radius 3 is 2.53 bits per heavy atom. The first-order chi connectivity index (χ1) is 9.40. The van der Waals surface area contributed by atoms with Gasteiger partial charge in [-0.05, 0) is 41.3 Å². The topological polar surface area (TPSA) is 15.3 Å². The van der Waals surface area contributed by atoms with Crippen molar-refractivity contribution in [3.05, 3.63) is 48.0 Å². The van der Waals surface area contributed by atoms with E-state index in [2.05, 4.69) is 52.7 Å². The molecule has 2 aliphatic heterocycles. The summed E-state index contributed by atoms with van der Waals surface area (Å²) in [4.78, 5) is 2.64. The van der Waals surface area contributed by atoms with Crippen molar-refractivity contribution in [3.8, 4) is 0 Å². The van der Waals surface area contributed by atoms with Gasteiger partial charge in [0.25, 0.3) is 0 Å². The van der Waals surface area contributed by atoms with Crippen LogP contribution in [0.15, 0.2) is 42.5 Å². The third-order valence-electron chi connectivity index (χ3n) is 4.74. The SMILES string of the molecule is c1ccc2c(CN3C[C@H]4CNC[C@H]4C3)cccc2c1. The third kappa shape index (κ3) is 2.05. The van der Waals surface area contributed by atoms with Gasteiger partial charge in [0.2, 0.25) is 0 Å². The van der Waals surface area contributed by atoms with E-state index in [-0.39, 0.29) is 0 Å². The van der Waals surface area contributed by atoms with E-state index in [1.807, 2.05) is 0 Å². The number of fused-ring (bicyclic) bond motifs is 2. The lowest BCUT2D eigenvalue weighted by molar-refractivity contribution is 0.307. The molecular weight excluding hydrogens is 232 g/mol. The van der Waals surface area contributed by atoms with Crippen molar-refractivity contribution >= 4 is 10.8 Å². The van der Waals surface area contributed by atoms with E-state index in [4.69, 9.17) is 0 Å². The maximum atomic E-state index is 3.51. The molecule has 2 atom stereocenters. The largest absolute Gasteiger partial charge is 0.316 e. The Bertz CT molecular complexity index is 575. The van der Waals surface area contributed by atoms with Gasteiger partial charge in [-0.15, -0.1) is 0 Å². The van der Waals surface area contributed by atoms with Crippen LogP contribution in [-0.2, 0) is 6.54 Å². The summed E-state index contributed by atoms with van der Waals surface area (Å²) in [5, 5.41) is 6.29. The van der Waals surface area contributed by atoms with Gasteiger partial charge >= 0.3 is 0 Å². The summed E-state index contributed by atoms with van der Waals surface area (Å²) < 4.78 is 0. The van der Waals surface area contributed by atoms with Crippen LogP contribution in [0.1, 0.15) is 5.56 Å². The second kappa shape index (κ2) is 4.62. The zero-order valence-corrected chi connectivity index (χ0v) is 11.2. The highest BCUT2D eigenvalue weighted by Crippen LogP contribution is 2.28. The summed E-state index contributed by atoms with van der Waals surface area (Å²) in [6.07, 6.45) is 0. The molecule has 0 spiro atoms. The number of nitrogens with zero attached hydrogens (tertiary/aromatic N) is 1. The first kappa shape index (κ1) is 11.4. The Balaban J connectivity index is 1.59. The van der Waals surface area contributed by atoms with E-state index in [0.29, 0.717) is 0 Å². The molecule has 2 aromatic carbocycles. The number of likely N-dealkylation sites (tertiary alicyclic amines) is 1. The molecule has 0 aromatic heterocycles. The van der Waals surface area contributed by atoms with Gasteiger partial charge in [-0.3, -0.25) is 4.90 Å². The van der Waals surface area contributed by atoms with Gasteiger partial charge in [0.1, 0.15) is 0 Å². The molecule has 19 heavy (non-hydrogen) atoms. The second-order valence-electron chi connectivity index (χ2n) is 6.01. The quantitative estimate of drug-likeness (QED) is 0.883. The van der Waals surface area contributed by atoms with Crippen molar-refractivity contribution in [3.63, 3.8) is 0 Å². The van der Waals surface area contributed by atoms with Crippen LogP contribution in [0.2, 0.25) is 0 Å². The maximum Gasteiger partial charge on any atom is 0.0240 e. The minimum atomic E-state index is 0.884. The molecule has 98 valence electrons. The van der Waals surface area contributed by atoms with E-state index >= 15 is 0 Å². The number of hydrogen-bond donors (Lipinski definition) is 1. The van der Waals surface area contributed by atoms with E-state index in [9.17, 15) is 0 Å². The predicted molar refractivity (Wildman–Crippen MR) is 79.1 cm³/mol. The van der Waals surface area contributed by atoms with Crippen LogP contribution >= 0.6 is 0 Å². The maximum absolute atomic E-state index is 3.51. The van der Waals surface area contributed by atoms with Gasteiger partial charge in [-0.2, -0.15) is 0 Å². The van der Waals surface area contributed by atoms with Gasteiger partial charge in [-0.1, -0.05) is 42.5 Å². The van der Waals surface area contributed by atoms with E-state index in [1.54, 1.807) is 0 Å². The summed E-state index contributed by atoms with van der Waals surface area (Å²) in [6, 6.07) is 15.4. The lowest BCUT2D eigenvalue weighted by Gasteiger charge is -2.18. The normalized spacial score (nSPS) is 26.9. The van der Waals surface area contributed by atoms with Crippen LogP contribution in [0.5, 0.6) is 0 Å². The molecule has 4 rings (SSSR count). The summed E-state index contributed by atoms with van der Waals surface area (Å²) in [5.41, 5.74) is 1.48. The molecule has 0 amide bonds. The monoisotopic (exact) mass is 252 g/mol. The molecule has 1 N–H and O–H groups in total. The molecule has 2 aromatic rings. The number of rotatable bonds is 2. The molecule has 0 saturated carbocycles. The fourth-order valence-electron chi connectivity index (χ4n) is 3.75. The van der Waals surface area contributed by atoms with Crippen molar-refractivity contribution in [1.82, 2.24) is 10.2 Å². The predicted octanol–water partition coefficient (Wildman–Crippen LogP) is 2.49. The Hall–Kier alpha value is -1.38. The molecular formula is C17H20N2. The van der Waals surface area contributed by atoms with Crippen molar-refractivity contribution in [2.24, 2.45) is 11.8 Å². The molecule has 2 aliphatic rings. The molecule has 2 heterocycles. The van der Waals surface area contributed by atoms with Gasteiger partial charge in [0.05, 0.1) is 0 Å². The first-order valence-electron chi connectivity index (χ1n) is 7.30. The standard InChI is InChI=1S/C17H20N2/c1-2-7-17-13(4-1)5-3-6-14(17)10-19-11-15-8-18-9-16(15)12-19/h1-7,15-16,18H,8-12H2/t15-,16+. The van der Waals surface area contributed by atoms with E-state index in [1.165, 1.54) is 42.5 Å². The first-order valence-corrected chi connectivity index (χ1v) is 7.30. The Morgan fingerprint density at radius 2 is 1.68 bits per heavy atom. The van der Waals surface area contributed by atoms with Crippen molar-refractivity contribution in [2.75, 3.05) is 26.2 Å². The van der Waals surface area contributed by atoms with Gasteiger partial charge in [0.15, 0.2) is 0 Å². The summed E-state index contributed by atoms with van der Waals surface area (Å²) in [6.45, 7) is 6.07. The lowest BCUT2D eigenvalue weighted by atomic mass is 10.0. The van der Waals surface area contributed by atoms with Crippen LogP contribution in [0.3, 0.4) is 0 Å². The molecule has 0 aliphatic carbocycles. The minimum absolute atomic E-state index is 0.884. The van der Waals surface area contributed by atoms with Gasteiger partial charge in [0, 0.05) is 19.6 Å². The average molecular weight is 252 g/mol. The van der Waals surface area contributed by atoms with Gasteiger partial charge < -0.3 is 5.32 Å². The Kier molecular flexibility index (Phi) is 2.78. The fourth-order valence-corrected chi connectivity index (χ4v) is 3.75. The fraction of sp³-hybridized carbons (Fsp3) is 0.412. The summed E-state index contributed by atoms with van der Waals surface area (Å²) in [7, 11) is 0. The van der Waals surface area contributed by atoms with Gasteiger partial charge in [-0.25, -0.2) is 0 Å². The van der Waals surface area contributed by atoms with Crippen LogP contribution in [0.25, 0.3) is 10.8 Å².